The van der Waals surface area contributed by atoms with E-state index in [1.807, 2.05) is 30.5 Å². The van der Waals surface area contributed by atoms with Crippen LogP contribution in [0.5, 0.6) is 0 Å². The fourth-order valence-electron chi connectivity index (χ4n) is 2.70. The normalized spacial score (nSPS) is 19.1. The molecular weight excluding hydrogens is 348 g/mol. The van der Waals surface area contributed by atoms with Crippen molar-refractivity contribution in [1.82, 2.24) is 14.9 Å². The molecule has 3 rings (SSSR count). The molecule has 2 aromatic rings. The maximum absolute atomic E-state index is 4.52. The van der Waals surface area contributed by atoms with Gasteiger partial charge < -0.3 is 4.90 Å². The lowest BCUT2D eigenvalue weighted by atomic mass is 10.2. The Hall–Kier alpha value is -0.980. The fourth-order valence-corrected chi connectivity index (χ4v) is 4.22. The van der Waals surface area contributed by atoms with Crippen molar-refractivity contribution in [2.24, 2.45) is 0 Å². The van der Waals surface area contributed by atoms with Crippen molar-refractivity contribution < 1.29 is 0 Å². The highest BCUT2D eigenvalue weighted by Crippen LogP contribution is 2.26. The Bertz CT molecular complexity index is 615. The van der Waals surface area contributed by atoms with Crippen LogP contribution in [0.15, 0.2) is 28.2 Å². The zero-order chi connectivity index (χ0) is 14.8. The molecule has 2 aromatic heterocycles. The van der Waals surface area contributed by atoms with Crippen LogP contribution in [0.1, 0.15) is 17.0 Å². The molecule has 3 heterocycles. The molecule has 1 fully saturated rings. The zero-order valence-electron chi connectivity index (χ0n) is 12.3. The molecule has 21 heavy (non-hydrogen) atoms. The number of anilines is 1. The minimum Gasteiger partial charge on any atom is -0.340 e. The predicted molar refractivity (Wildman–Crippen MR) is 90.9 cm³/mol. The average molecular weight is 367 g/mol. The first kappa shape index (κ1) is 14.9. The smallest absolute Gasteiger partial charge is 0.225 e. The molecule has 1 atom stereocenters. The van der Waals surface area contributed by atoms with Gasteiger partial charge in [-0.1, -0.05) is 0 Å². The van der Waals surface area contributed by atoms with Gasteiger partial charge >= 0.3 is 0 Å². The Kier molecular flexibility index (Phi) is 4.57. The van der Waals surface area contributed by atoms with E-state index in [2.05, 4.69) is 54.9 Å². The molecular formula is C15H19BrN4S. The van der Waals surface area contributed by atoms with Gasteiger partial charge in [0.25, 0.3) is 0 Å². The zero-order valence-corrected chi connectivity index (χ0v) is 14.7. The van der Waals surface area contributed by atoms with E-state index in [0.717, 1.165) is 31.3 Å². The van der Waals surface area contributed by atoms with E-state index >= 15 is 0 Å². The fraction of sp³-hybridized carbons (Fsp3) is 0.467. The molecule has 1 aliphatic rings. The summed E-state index contributed by atoms with van der Waals surface area (Å²) in [6, 6.07) is 6.76. The lowest BCUT2D eigenvalue weighted by Crippen LogP contribution is -2.35. The third kappa shape index (κ3) is 3.62. The number of likely N-dealkylation sites (tertiary alicyclic amines) is 1. The Morgan fingerprint density at radius 2 is 2.29 bits per heavy atom. The van der Waals surface area contributed by atoms with Gasteiger partial charge in [0, 0.05) is 49.5 Å². The van der Waals surface area contributed by atoms with Gasteiger partial charge in [-0.05, 0) is 47.5 Å². The van der Waals surface area contributed by atoms with Crippen LogP contribution < -0.4 is 4.90 Å². The number of likely N-dealkylation sites (N-methyl/N-ethyl adjacent to an activating group) is 1. The number of hydrogen-bond donors (Lipinski definition) is 0. The largest absolute Gasteiger partial charge is 0.340 e. The van der Waals surface area contributed by atoms with Crippen molar-refractivity contribution in [2.45, 2.75) is 25.9 Å². The van der Waals surface area contributed by atoms with Crippen molar-refractivity contribution >= 4 is 33.2 Å². The van der Waals surface area contributed by atoms with Crippen molar-refractivity contribution in [3.05, 3.63) is 38.8 Å². The number of rotatable bonds is 4. The van der Waals surface area contributed by atoms with Crippen LogP contribution in [0.2, 0.25) is 0 Å². The van der Waals surface area contributed by atoms with Crippen LogP contribution >= 0.6 is 27.3 Å². The molecule has 4 nitrogen and oxygen atoms in total. The summed E-state index contributed by atoms with van der Waals surface area (Å²) in [5.41, 5.74) is 1.02. The summed E-state index contributed by atoms with van der Waals surface area (Å²) in [5.74, 6) is 0.834. The van der Waals surface area contributed by atoms with Gasteiger partial charge in [-0.15, -0.1) is 11.3 Å². The van der Waals surface area contributed by atoms with Crippen molar-refractivity contribution in [3.63, 3.8) is 0 Å². The Morgan fingerprint density at radius 1 is 1.43 bits per heavy atom. The van der Waals surface area contributed by atoms with E-state index in [9.17, 15) is 0 Å². The minimum absolute atomic E-state index is 0.496. The maximum Gasteiger partial charge on any atom is 0.225 e. The molecule has 0 bridgehead atoms. The van der Waals surface area contributed by atoms with E-state index in [1.165, 1.54) is 15.1 Å². The summed E-state index contributed by atoms with van der Waals surface area (Å²) in [6.07, 6.45) is 3.00. The summed E-state index contributed by atoms with van der Waals surface area (Å²) in [5, 5.41) is 0. The highest BCUT2D eigenvalue weighted by atomic mass is 79.9. The predicted octanol–water partition coefficient (Wildman–Crippen LogP) is 3.32. The van der Waals surface area contributed by atoms with Crippen molar-refractivity contribution in [3.8, 4) is 0 Å². The van der Waals surface area contributed by atoms with E-state index in [4.69, 9.17) is 0 Å². The van der Waals surface area contributed by atoms with Crippen LogP contribution in [0.3, 0.4) is 0 Å². The standard InChI is InChI=1S/C15H19BrN4S/c1-11-5-7-17-15(18-11)19(2)12-6-8-20(9-12)10-13-3-4-14(16)21-13/h3-5,7,12H,6,8-10H2,1-2H3. The molecule has 0 N–H and O–H groups in total. The number of halogens is 1. The van der Waals surface area contributed by atoms with E-state index in [1.54, 1.807) is 0 Å². The van der Waals surface area contributed by atoms with E-state index in [0.29, 0.717) is 6.04 Å². The summed E-state index contributed by atoms with van der Waals surface area (Å²) < 4.78 is 1.21. The average Bonchev–Trinajstić information content (AvgIpc) is 3.08. The van der Waals surface area contributed by atoms with Crippen LogP contribution in [-0.4, -0.2) is 41.0 Å². The third-order valence-corrected chi connectivity index (χ3v) is 5.51. The summed E-state index contributed by atoms with van der Waals surface area (Å²) >= 11 is 5.35. The summed E-state index contributed by atoms with van der Waals surface area (Å²) in [4.78, 5) is 15.1. The van der Waals surface area contributed by atoms with Gasteiger partial charge in [0.05, 0.1) is 3.79 Å². The van der Waals surface area contributed by atoms with Crippen molar-refractivity contribution in [2.75, 3.05) is 25.0 Å². The molecule has 6 heteroatoms. The first-order valence-electron chi connectivity index (χ1n) is 7.11. The molecule has 0 spiro atoms. The second-order valence-corrected chi connectivity index (χ2v) is 8.04. The number of thiophene rings is 1. The highest BCUT2D eigenvalue weighted by molar-refractivity contribution is 9.11. The molecule has 1 aliphatic heterocycles. The van der Waals surface area contributed by atoms with Gasteiger partial charge in [-0.2, -0.15) is 0 Å². The maximum atomic E-state index is 4.52. The molecule has 0 radical (unpaired) electrons. The minimum atomic E-state index is 0.496. The van der Waals surface area contributed by atoms with Crippen molar-refractivity contribution in [1.29, 1.82) is 0 Å². The first-order chi connectivity index (χ1) is 10.1. The molecule has 0 saturated carbocycles. The number of hydrogen-bond acceptors (Lipinski definition) is 5. The molecule has 1 saturated heterocycles. The van der Waals surface area contributed by atoms with Gasteiger partial charge in [0.15, 0.2) is 0 Å². The summed E-state index contributed by atoms with van der Waals surface area (Å²) in [6.45, 7) is 5.25. The van der Waals surface area contributed by atoms with Gasteiger partial charge in [-0.25, -0.2) is 9.97 Å². The van der Waals surface area contributed by atoms with Gasteiger partial charge in [0.2, 0.25) is 5.95 Å². The van der Waals surface area contributed by atoms with Crippen LogP contribution in [0.4, 0.5) is 5.95 Å². The molecule has 0 aliphatic carbocycles. The lowest BCUT2D eigenvalue weighted by Gasteiger charge is -2.25. The van der Waals surface area contributed by atoms with E-state index < -0.39 is 0 Å². The second-order valence-electron chi connectivity index (χ2n) is 5.49. The number of aromatic nitrogens is 2. The Morgan fingerprint density at radius 3 is 3.00 bits per heavy atom. The number of nitrogens with zero attached hydrogens (tertiary/aromatic N) is 4. The molecule has 1 unspecified atom stereocenters. The second kappa shape index (κ2) is 6.42. The van der Waals surface area contributed by atoms with Crippen LogP contribution in [0.25, 0.3) is 0 Å². The monoisotopic (exact) mass is 366 g/mol. The first-order valence-corrected chi connectivity index (χ1v) is 8.72. The van der Waals surface area contributed by atoms with E-state index in [-0.39, 0.29) is 0 Å². The SMILES string of the molecule is Cc1ccnc(N(C)C2CCN(Cc3ccc(Br)s3)C2)n1. The topological polar surface area (TPSA) is 32.3 Å². The molecule has 0 amide bonds. The van der Waals surface area contributed by atoms with Crippen LogP contribution in [-0.2, 0) is 6.54 Å². The Balaban J connectivity index is 1.61. The lowest BCUT2D eigenvalue weighted by molar-refractivity contribution is 0.328. The quantitative estimate of drug-likeness (QED) is 0.830. The van der Waals surface area contributed by atoms with Crippen LogP contribution in [0, 0.1) is 6.92 Å². The molecule has 0 aromatic carbocycles. The molecule has 112 valence electrons. The highest BCUT2D eigenvalue weighted by Gasteiger charge is 2.27. The Labute approximate surface area is 138 Å². The summed E-state index contributed by atoms with van der Waals surface area (Å²) in [7, 11) is 2.10. The third-order valence-electron chi connectivity index (χ3n) is 3.90. The van der Waals surface area contributed by atoms with Gasteiger partial charge in [0.1, 0.15) is 0 Å². The van der Waals surface area contributed by atoms with Gasteiger partial charge in [-0.3, -0.25) is 4.90 Å². The number of aryl methyl sites for hydroxylation is 1.